The van der Waals surface area contributed by atoms with Gasteiger partial charge in [0.15, 0.2) is 5.17 Å². The zero-order chi connectivity index (χ0) is 8.10. The molecule has 0 bridgehead atoms. The van der Waals surface area contributed by atoms with Crippen LogP contribution in [0.2, 0.25) is 0 Å². The van der Waals surface area contributed by atoms with Gasteiger partial charge in [-0.25, -0.2) is 0 Å². The molecule has 0 unspecified atom stereocenters. The molecule has 5 heteroatoms. The number of pyridine rings is 1. The Hall–Kier alpha value is -0.740. The van der Waals surface area contributed by atoms with Gasteiger partial charge in [0.25, 0.3) is 0 Å². The van der Waals surface area contributed by atoms with Crippen molar-refractivity contribution in [2.24, 2.45) is 5.73 Å². The van der Waals surface area contributed by atoms with Crippen LogP contribution in [0.3, 0.4) is 0 Å². The highest BCUT2D eigenvalue weighted by Crippen LogP contribution is 2.08. The summed E-state index contributed by atoms with van der Waals surface area (Å²) in [5.41, 5.74) is 6.26. The maximum Gasteiger partial charge on any atom is 0.151 e. The van der Waals surface area contributed by atoms with E-state index in [1.165, 1.54) is 11.8 Å². The Labute approximate surface area is 81.7 Å². The molecule has 1 rings (SSSR count). The second-order valence-electron chi connectivity index (χ2n) is 2.01. The highest BCUT2D eigenvalue weighted by molar-refractivity contribution is 8.13. The topological polar surface area (TPSA) is 62.8 Å². The number of amidine groups is 1. The first-order chi connectivity index (χ1) is 5.29. The lowest BCUT2D eigenvalue weighted by molar-refractivity contribution is 1.25. The van der Waals surface area contributed by atoms with Crippen molar-refractivity contribution < 1.29 is 0 Å². The molecule has 1 aromatic heterocycles. The number of thioether (sulfide) groups is 1. The van der Waals surface area contributed by atoms with Gasteiger partial charge in [0, 0.05) is 18.1 Å². The van der Waals surface area contributed by atoms with Gasteiger partial charge in [-0.05, 0) is 11.6 Å². The van der Waals surface area contributed by atoms with Crippen LogP contribution in [-0.4, -0.2) is 10.2 Å². The Morgan fingerprint density at radius 1 is 1.67 bits per heavy atom. The Bertz CT molecular complexity index is 240. The van der Waals surface area contributed by atoms with E-state index >= 15 is 0 Å². The van der Waals surface area contributed by atoms with E-state index in [4.69, 9.17) is 11.1 Å². The molecule has 0 spiro atoms. The molecule has 0 radical (unpaired) electrons. The monoisotopic (exact) mass is 203 g/mol. The van der Waals surface area contributed by atoms with Crippen molar-refractivity contribution >= 4 is 29.3 Å². The van der Waals surface area contributed by atoms with Crippen LogP contribution in [0.5, 0.6) is 0 Å². The third-order valence-electron chi connectivity index (χ3n) is 1.12. The molecule has 0 aliphatic heterocycles. The minimum atomic E-state index is 0. The first kappa shape index (κ1) is 11.3. The first-order valence-corrected chi connectivity index (χ1v) is 4.13. The summed E-state index contributed by atoms with van der Waals surface area (Å²) in [6.07, 6.45) is 3.50. The van der Waals surface area contributed by atoms with E-state index in [0.717, 1.165) is 11.3 Å². The lowest BCUT2D eigenvalue weighted by atomic mass is 10.3. The predicted octanol–water partition coefficient (Wildman–Crippen LogP) is 1.63. The van der Waals surface area contributed by atoms with E-state index in [0.29, 0.717) is 0 Å². The van der Waals surface area contributed by atoms with Gasteiger partial charge < -0.3 is 5.73 Å². The largest absolute Gasteiger partial charge is 0.379 e. The molecule has 66 valence electrons. The zero-order valence-corrected chi connectivity index (χ0v) is 7.99. The number of nitrogens with one attached hydrogen (secondary N) is 1. The van der Waals surface area contributed by atoms with E-state index in [1.807, 2.05) is 12.1 Å². The van der Waals surface area contributed by atoms with E-state index in [-0.39, 0.29) is 17.6 Å². The number of aromatic nitrogens is 1. The highest BCUT2D eigenvalue weighted by Gasteiger charge is 1.93. The average Bonchev–Trinajstić information content (AvgIpc) is 2.03. The minimum absolute atomic E-state index is 0. The summed E-state index contributed by atoms with van der Waals surface area (Å²) in [6.45, 7) is 0. The fourth-order valence-corrected chi connectivity index (χ4v) is 1.14. The summed E-state index contributed by atoms with van der Waals surface area (Å²) >= 11 is 1.31. The zero-order valence-electron chi connectivity index (χ0n) is 6.36. The van der Waals surface area contributed by atoms with Gasteiger partial charge in [0.1, 0.15) is 0 Å². The molecule has 0 saturated carbocycles. The van der Waals surface area contributed by atoms with Crippen LogP contribution >= 0.6 is 24.2 Å². The van der Waals surface area contributed by atoms with Gasteiger partial charge in [-0.1, -0.05) is 17.8 Å². The summed E-state index contributed by atoms with van der Waals surface area (Å²) < 4.78 is 0. The average molecular weight is 204 g/mol. The van der Waals surface area contributed by atoms with Gasteiger partial charge in [-0.2, -0.15) is 0 Å². The molecule has 1 aromatic rings. The molecule has 0 amide bonds. The van der Waals surface area contributed by atoms with Crippen molar-refractivity contribution in [1.29, 1.82) is 5.41 Å². The molecule has 12 heavy (non-hydrogen) atoms. The van der Waals surface area contributed by atoms with Gasteiger partial charge in [-0.15, -0.1) is 12.4 Å². The first-order valence-electron chi connectivity index (χ1n) is 3.15. The smallest absolute Gasteiger partial charge is 0.151 e. The van der Waals surface area contributed by atoms with Gasteiger partial charge in [0.2, 0.25) is 0 Å². The Morgan fingerprint density at radius 2 is 2.42 bits per heavy atom. The fraction of sp³-hybridized carbons (Fsp3) is 0.143. The second-order valence-corrected chi connectivity index (χ2v) is 3.03. The summed E-state index contributed by atoms with van der Waals surface area (Å²) in [7, 11) is 0. The number of nitrogens with two attached hydrogens (primary N) is 1. The third-order valence-corrected chi connectivity index (χ3v) is 1.91. The van der Waals surface area contributed by atoms with Gasteiger partial charge >= 0.3 is 0 Å². The molecule has 3 nitrogen and oxygen atoms in total. The van der Waals surface area contributed by atoms with E-state index < -0.39 is 0 Å². The van der Waals surface area contributed by atoms with Gasteiger partial charge in [-0.3, -0.25) is 10.4 Å². The van der Waals surface area contributed by atoms with Crippen molar-refractivity contribution in [3.05, 3.63) is 30.1 Å². The van der Waals surface area contributed by atoms with Crippen LogP contribution in [0.4, 0.5) is 0 Å². The molecule has 0 aliphatic rings. The van der Waals surface area contributed by atoms with Crippen LogP contribution in [0, 0.1) is 5.41 Å². The molecule has 1 heterocycles. The Morgan fingerprint density at radius 3 is 2.92 bits per heavy atom. The van der Waals surface area contributed by atoms with E-state index in [2.05, 4.69) is 4.98 Å². The number of hydrogen-bond acceptors (Lipinski definition) is 3. The van der Waals surface area contributed by atoms with Crippen LogP contribution in [0.25, 0.3) is 0 Å². The third kappa shape index (κ3) is 4.20. The quantitative estimate of drug-likeness (QED) is 0.567. The summed E-state index contributed by atoms with van der Waals surface area (Å²) in [4.78, 5) is 3.94. The minimum Gasteiger partial charge on any atom is -0.379 e. The number of nitrogens with zero attached hydrogens (tertiary/aromatic N) is 1. The molecular formula is C7H10ClN3S. The van der Waals surface area contributed by atoms with Crippen molar-refractivity contribution in [2.75, 3.05) is 0 Å². The van der Waals surface area contributed by atoms with Crippen molar-refractivity contribution in [3.8, 4) is 0 Å². The molecule has 0 aromatic carbocycles. The van der Waals surface area contributed by atoms with Crippen LogP contribution < -0.4 is 5.73 Å². The van der Waals surface area contributed by atoms with E-state index in [1.54, 1.807) is 12.4 Å². The standard InChI is InChI=1S/C7H9N3S.ClH/c8-7(9)11-5-6-2-1-3-10-4-6;/h1-4H,5H2,(H3,8,9);1H. The van der Waals surface area contributed by atoms with E-state index in [9.17, 15) is 0 Å². The molecule has 0 fully saturated rings. The maximum absolute atomic E-state index is 6.96. The normalized spacial score (nSPS) is 8.67. The number of hydrogen-bond donors (Lipinski definition) is 2. The van der Waals surface area contributed by atoms with Crippen molar-refractivity contribution in [2.45, 2.75) is 5.75 Å². The summed E-state index contributed by atoms with van der Waals surface area (Å²) in [5.74, 6) is 0.725. The molecular weight excluding hydrogens is 194 g/mol. The summed E-state index contributed by atoms with van der Waals surface area (Å²) in [5, 5.41) is 7.11. The molecule has 0 atom stereocenters. The SMILES string of the molecule is Cl.N=C(N)SCc1cccnc1. The van der Waals surface area contributed by atoms with Crippen LogP contribution in [0.1, 0.15) is 5.56 Å². The second kappa shape index (κ2) is 5.85. The number of rotatable bonds is 2. The predicted molar refractivity (Wildman–Crippen MR) is 54.7 cm³/mol. The molecule has 0 aliphatic carbocycles. The summed E-state index contributed by atoms with van der Waals surface area (Å²) in [6, 6.07) is 3.83. The van der Waals surface area contributed by atoms with Crippen LogP contribution in [0.15, 0.2) is 24.5 Å². The highest BCUT2D eigenvalue weighted by atomic mass is 35.5. The van der Waals surface area contributed by atoms with Crippen LogP contribution in [-0.2, 0) is 5.75 Å². The Balaban J connectivity index is 0.00000121. The fourth-order valence-electron chi connectivity index (χ4n) is 0.645. The lowest BCUT2D eigenvalue weighted by Crippen LogP contribution is -2.03. The maximum atomic E-state index is 6.96. The Kier molecular flexibility index (Phi) is 5.49. The van der Waals surface area contributed by atoms with Gasteiger partial charge in [0.05, 0.1) is 0 Å². The number of halogens is 1. The lowest BCUT2D eigenvalue weighted by Gasteiger charge is -1.96. The van der Waals surface area contributed by atoms with Crippen molar-refractivity contribution in [1.82, 2.24) is 4.98 Å². The molecule has 3 N–H and O–H groups in total. The van der Waals surface area contributed by atoms with Crippen molar-refractivity contribution in [3.63, 3.8) is 0 Å². The molecule has 0 saturated heterocycles.